The third-order valence-corrected chi connectivity index (χ3v) is 3.68. The third kappa shape index (κ3) is 8.46. The summed E-state index contributed by atoms with van der Waals surface area (Å²) >= 11 is 1.92. The van der Waals surface area contributed by atoms with E-state index >= 15 is 0 Å². The summed E-state index contributed by atoms with van der Waals surface area (Å²) < 4.78 is 9.63. The van der Waals surface area contributed by atoms with Crippen LogP contribution in [0.2, 0.25) is 0 Å². The van der Waals surface area contributed by atoms with Gasteiger partial charge in [0.05, 0.1) is 7.11 Å². The van der Waals surface area contributed by atoms with Gasteiger partial charge in [0.1, 0.15) is 5.54 Å². The van der Waals surface area contributed by atoms with Gasteiger partial charge in [-0.15, -0.1) is 0 Å². The number of carbonyl (C=O) groups excluding carboxylic acids is 1. The zero-order valence-electron chi connectivity index (χ0n) is 11.2. The zero-order chi connectivity index (χ0) is 13.1. The van der Waals surface area contributed by atoms with Crippen molar-refractivity contribution in [2.45, 2.75) is 38.1 Å². The van der Waals surface area contributed by atoms with Crippen LogP contribution in [0.1, 0.15) is 32.6 Å². The Hall–Kier alpha value is -0.260. The van der Waals surface area contributed by atoms with E-state index in [1.165, 1.54) is 7.11 Å². The number of hydrogen-bond acceptors (Lipinski definition) is 5. The largest absolute Gasteiger partial charge is 0.468 e. The van der Waals surface area contributed by atoms with E-state index in [0.717, 1.165) is 37.4 Å². The van der Waals surface area contributed by atoms with Crippen LogP contribution >= 0.6 is 11.8 Å². The third-order valence-electron chi connectivity index (χ3n) is 2.52. The summed E-state index contributed by atoms with van der Waals surface area (Å²) in [6.45, 7) is 2.56. The van der Waals surface area contributed by atoms with Crippen molar-refractivity contribution in [1.29, 1.82) is 0 Å². The zero-order valence-corrected chi connectivity index (χ0v) is 12.0. The summed E-state index contributed by atoms with van der Waals surface area (Å²) in [7, 11) is 3.10. The molecular weight excluding hydrogens is 238 g/mol. The number of methoxy groups -OCH3 is 2. The molecule has 0 radical (unpaired) electrons. The summed E-state index contributed by atoms with van der Waals surface area (Å²) in [5, 5.41) is 0. The number of ether oxygens (including phenoxy) is 2. The van der Waals surface area contributed by atoms with E-state index in [4.69, 9.17) is 10.5 Å². The van der Waals surface area contributed by atoms with Crippen molar-refractivity contribution < 1.29 is 14.3 Å². The molecule has 0 aromatic rings. The first-order valence-corrected chi connectivity index (χ1v) is 7.14. The molecule has 0 saturated heterocycles. The fraction of sp³-hybridized carbons (Fsp3) is 0.917. The van der Waals surface area contributed by atoms with Gasteiger partial charge >= 0.3 is 5.97 Å². The van der Waals surface area contributed by atoms with Gasteiger partial charge in [0, 0.05) is 13.7 Å². The minimum absolute atomic E-state index is 0.328. The van der Waals surface area contributed by atoms with Crippen molar-refractivity contribution in [3.63, 3.8) is 0 Å². The van der Waals surface area contributed by atoms with Crippen LogP contribution in [0.25, 0.3) is 0 Å². The highest BCUT2D eigenvalue weighted by atomic mass is 32.2. The normalized spacial score (nSPS) is 14.4. The lowest BCUT2D eigenvalue weighted by atomic mass is 9.97. The number of thioether (sulfide) groups is 1. The van der Waals surface area contributed by atoms with Crippen molar-refractivity contribution in [1.82, 2.24) is 0 Å². The first kappa shape index (κ1) is 16.7. The molecular formula is C12H25NO3S. The lowest BCUT2D eigenvalue weighted by molar-refractivity contribution is -0.146. The molecule has 0 spiro atoms. The van der Waals surface area contributed by atoms with E-state index in [1.807, 2.05) is 11.8 Å². The molecule has 0 aliphatic rings. The molecule has 5 heteroatoms. The van der Waals surface area contributed by atoms with Crippen LogP contribution in [0, 0.1) is 0 Å². The van der Waals surface area contributed by atoms with Gasteiger partial charge < -0.3 is 15.2 Å². The minimum Gasteiger partial charge on any atom is -0.468 e. The van der Waals surface area contributed by atoms with Crippen LogP contribution in [-0.4, -0.2) is 43.8 Å². The second-order valence-corrected chi connectivity index (χ2v) is 5.55. The van der Waals surface area contributed by atoms with Gasteiger partial charge in [-0.05, 0) is 37.7 Å². The number of esters is 1. The van der Waals surface area contributed by atoms with E-state index in [-0.39, 0.29) is 5.97 Å². The van der Waals surface area contributed by atoms with Gasteiger partial charge in [-0.3, -0.25) is 4.79 Å². The molecule has 0 bridgehead atoms. The van der Waals surface area contributed by atoms with E-state index in [2.05, 4.69) is 4.74 Å². The van der Waals surface area contributed by atoms with Crippen molar-refractivity contribution in [2.24, 2.45) is 5.73 Å². The van der Waals surface area contributed by atoms with Gasteiger partial charge in [-0.1, -0.05) is 6.42 Å². The standard InChI is InChI=1S/C12H25NO3S/c1-12(13,11(14)16-3)7-4-5-9-17-10-6-8-15-2/h4-10,13H2,1-3H3. The maximum atomic E-state index is 11.3. The van der Waals surface area contributed by atoms with Gasteiger partial charge in [0.2, 0.25) is 0 Å². The van der Waals surface area contributed by atoms with Crippen molar-refractivity contribution in [2.75, 3.05) is 32.3 Å². The average Bonchev–Trinajstić information content (AvgIpc) is 2.31. The Kier molecular flexibility index (Phi) is 9.59. The molecule has 0 aromatic heterocycles. The Bertz CT molecular complexity index is 210. The molecule has 1 atom stereocenters. The molecule has 0 aromatic carbocycles. The van der Waals surface area contributed by atoms with Crippen molar-refractivity contribution in [3.05, 3.63) is 0 Å². The van der Waals surface area contributed by atoms with Crippen molar-refractivity contribution >= 4 is 17.7 Å². The van der Waals surface area contributed by atoms with E-state index in [0.29, 0.717) is 6.42 Å². The Morgan fingerprint density at radius 2 is 1.88 bits per heavy atom. The van der Waals surface area contributed by atoms with Gasteiger partial charge in [-0.2, -0.15) is 11.8 Å². The fourth-order valence-corrected chi connectivity index (χ4v) is 2.37. The lowest BCUT2D eigenvalue weighted by Crippen LogP contribution is -2.45. The van der Waals surface area contributed by atoms with Gasteiger partial charge in [0.25, 0.3) is 0 Å². The summed E-state index contributed by atoms with van der Waals surface area (Å²) in [5.41, 5.74) is 5.02. The quantitative estimate of drug-likeness (QED) is 0.481. The lowest BCUT2D eigenvalue weighted by Gasteiger charge is -2.20. The second-order valence-electron chi connectivity index (χ2n) is 4.32. The second kappa shape index (κ2) is 9.74. The molecule has 0 heterocycles. The highest BCUT2D eigenvalue weighted by Gasteiger charge is 2.28. The highest BCUT2D eigenvalue weighted by Crippen LogP contribution is 2.14. The summed E-state index contributed by atoms with van der Waals surface area (Å²) in [6, 6.07) is 0. The topological polar surface area (TPSA) is 61.5 Å². The predicted molar refractivity (Wildman–Crippen MR) is 72.3 cm³/mol. The SMILES string of the molecule is COCCCSCCCCC(C)(N)C(=O)OC. The number of hydrogen-bond donors (Lipinski definition) is 1. The van der Waals surface area contributed by atoms with Gasteiger partial charge in [-0.25, -0.2) is 0 Å². The number of nitrogens with two attached hydrogens (primary N) is 1. The van der Waals surface area contributed by atoms with E-state index in [1.54, 1.807) is 14.0 Å². The minimum atomic E-state index is -0.838. The van der Waals surface area contributed by atoms with Crippen LogP contribution in [0.15, 0.2) is 0 Å². The molecule has 0 aliphatic heterocycles. The molecule has 17 heavy (non-hydrogen) atoms. The summed E-state index contributed by atoms with van der Waals surface area (Å²) in [5.74, 6) is 1.91. The number of unbranched alkanes of at least 4 members (excludes halogenated alkanes) is 1. The first-order valence-electron chi connectivity index (χ1n) is 5.98. The Morgan fingerprint density at radius 3 is 2.47 bits per heavy atom. The summed E-state index contributed by atoms with van der Waals surface area (Å²) in [6.07, 6.45) is 3.82. The Balaban J connectivity index is 3.42. The molecule has 1 unspecified atom stereocenters. The van der Waals surface area contributed by atoms with E-state index < -0.39 is 5.54 Å². The molecule has 102 valence electrons. The van der Waals surface area contributed by atoms with Crippen LogP contribution in [0.3, 0.4) is 0 Å². The highest BCUT2D eigenvalue weighted by molar-refractivity contribution is 7.99. The number of carbonyl (C=O) groups is 1. The molecule has 4 nitrogen and oxygen atoms in total. The van der Waals surface area contributed by atoms with Crippen LogP contribution in [0.4, 0.5) is 0 Å². The van der Waals surface area contributed by atoms with Crippen molar-refractivity contribution in [3.8, 4) is 0 Å². The molecule has 0 aliphatic carbocycles. The Morgan fingerprint density at radius 1 is 1.24 bits per heavy atom. The molecule has 0 fully saturated rings. The van der Waals surface area contributed by atoms with Crippen LogP contribution < -0.4 is 5.73 Å². The maximum absolute atomic E-state index is 11.3. The first-order chi connectivity index (χ1) is 8.04. The fourth-order valence-electron chi connectivity index (χ4n) is 1.44. The van der Waals surface area contributed by atoms with Gasteiger partial charge in [0.15, 0.2) is 0 Å². The Labute approximate surface area is 109 Å². The van der Waals surface area contributed by atoms with Crippen LogP contribution in [-0.2, 0) is 14.3 Å². The average molecular weight is 263 g/mol. The molecule has 0 amide bonds. The van der Waals surface area contributed by atoms with Crippen LogP contribution in [0.5, 0.6) is 0 Å². The molecule has 2 N–H and O–H groups in total. The number of rotatable bonds is 10. The monoisotopic (exact) mass is 263 g/mol. The maximum Gasteiger partial charge on any atom is 0.325 e. The van der Waals surface area contributed by atoms with E-state index in [9.17, 15) is 4.79 Å². The predicted octanol–water partition coefficient (Wildman–Crippen LogP) is 1.82. The molecule has 0 saturated carbocycles. The molecule has 0 rings (SSSR count). The summed E-state index contributed by atoms with van der Waals surface area (Å²) in [4.78, 5) is 11.3. The smallest absolute Gasteiger partial charge is 0.325 e.